The largest absolute Gasteiger partial charge is 0.497 e. The molecule has 1 aliphatic rings. The van der Waals surface area contributed by atoms with Gasteiger partial charge in [-0.15, -0.1) is 0 Å². The zero-order valence-corrected chi connectivity index (χ0v) is 13.4. The van der Waals surface area contributed by atoms with Gasteiger partial charge >= 0.3 is 0 Å². The monoisotopic (exact) mass is 313 g/mol. The fourth-order valence-corrected chi connectivity index (χ4v) is 3.23. The van der Waals surface area contributed by atoms with Crippen molar-refractivity contribution in [3.63, 3.8) is 0 Å². The number of aliphatic hydroxyl groups excluding tert-OH is 2. The fourth-order valence-electron chi connectivity index (χ4n) is 3.23. The Morgan fingerprint density at radius 2 is 1.87 bits per heavy atom. The number of likely N-dealkylation sites (tertiary alicyclic amines) is 1. The Hall–Kier alpha value is -1.88. The predicted octanol–water partition coefficient (Wildman–Crippen LogP) is 2.50. The molecule has 3 rings (SSSR count). The van der Waals surface area contributed by atoms with Crippen LogP contribution in [0.4, 0.5) is 0 Å². The first kappa shape index (κ1) is 16.0. The molecule has 0 aliphatic carbocycles. The van der Waals surface area contributed by atoms with Crippen LogP contribution in [0.1, 0.15) is 29.2 Å². The number of rotatable bonds is 5. The summed E-state index contributed by atoms with van der Waals surface area (Å²) in [5, 5.41) is 19.2. The Bertz CT molecular complexity index is 641. The van der Waals surface area contributed by atoms with Crippen LogP contribution in [0.25, 0.3) is 0 Å². The molecular formula is C19H23NO3. The molecule has 4 nitrogen and oxygen atoms in total. The normalized spacial score (nSPS) is 21.5. The van der Waals surface area contributed by atoms with Gasteiger partial charge < -0.3 is 14.9 Å². The second kappa shape index (κ2) is 7.13. The average Bonchev–Trinajstić information content (AvgIpc) is 2.96. The number of β-amino-alcohol motifs (C(OH)–C–C–N with tert-alkyl or cyclic N) is 1. The van der Waals surface area contributed by atoms with Crippen LogP contribution in [-0.2, 0) is 13.2 Å². The molecule has 2 atom stereocenters. The van der Waals surface area contributed by atoms with Crippen molar-refractivity contribution in [2.45, 2.75) is 31.7 Å². The quantitative estimate of drug-likeness (QED) is 0.890. The summed E-state index contributed by atoms with van der Waals surface area (Å²) in [5.74, 6) is 0.844. The summed E-state index contributed by atoms with van der Waals surface area (Å²) in [7, 11) is 1.67. The van der Waals surface area contributed by atoms with E-state index in [1.54, 1.807) is 7.11 Å². The lowest BCUT2D eigenvalue weighted by Gasteiger charge is -2.25. The van der Waals surface area contributed by atoms with Crippen molar-refractivity contribution >= 4 is 0 Å². The topological polar surface area (TPSA) is 52.9 Å². The summed E-state index contributed by atoms with van der Waals surface area (Å²) in [6, 6.07) is 16.2. The van der Waals surface area contributed by atoms with E-state index >= 15 is 0 Å². The van der Waals surface area contributed by atoms with E-state index < -0.39 is 0 Å². The molecule has 0 amide bonds. The summed E-state index contributed by atoms with van der Waals surface area (Å²) < 4.78 is 5.32. The van der Waals surface area contributed by atoms with Gasteiger partial charge in [-0.2, -0.15) is 0 Å². The van der Waals surface area contributed by atoms with Crippen molar-refractivity contribution in [1.82, 2.24) is 4.90 Å². The zero-order valence-electron chi connectivity index (χ0n) is 13.4. The summed E-state index contributed by atoms with van der Waals surface area (Å²) in [4.78, 5) is 2.30. The van der Waals surface area contributed by atoms with Crippen LogP contribution in [0.2, 0.25) is 0 Å². The molecule has 0 spiro atoms. The standard InChI is InChI=1S/C19H23NO3/c1-23-18-4-2-3-16(9-18)19-10-17(22)12-20(19)11-14-5-7-15(13-21)8-6-14/h2-9,17,19,21-22H,10-13H2,1H3/t17-,19+/m1/s1. The highest BCUT2D eigenvalue weighted by molar-refractivity contribution is 5.31. The van der Waals surface area contributed by atoms with E-state index in [2.05, 4.69) is 11.0 Å². The molecule has 0 bridgehead atoms. The Morgan fingerprint density at radius 1 is 1.13 bits per heavy atom. The third-order valence-electron chi connectivity index (χ3n) is 4.45. The van der Waals surface area contributed by atoms with Gasteiger partial charge in [-0.05, 0) is 35.2 Å². The van der Waals surface area contributed by atoms with Crippen LogP contribution in [-0.4, -0.2) is 34.9 Å². The molecule has 1 heterocycles. The number of hydrogen-bond acceptors (Lipinski definition) is 4. The third kappa shape index (κ3) is 3.72. The average molecular weight is 313 g/mol. The van der Waals surface area contributed by atoms with Crippen molar-refractivity contribution < 1.29 is 14.9 Å². The lowest BCUT2D eigenvalue weighted by Crippen LogP contribution is -2.24. The minimum Gasteiger partial charge on any atom is -0.497 e. The summed E-state index contributed by atoms with van der Waals surface area (Å²) >= 11 is 0. The van der Waals surface area contributed by atoms with Gasteiger partial charge in [-0.3, -0.25) is 4.90 Å². The van der Waals surface area contributed by atoms with E-state index in [1.807, 2.05) is 42.5 Å². The molecule has 1 aliphatic heterocycles. The first-order valence-electron chi connectivity index (χ1n) is 7.94. The van der Waals surface area contributed by atoms with Crippen molar-refractivity contribution in [2.75, 3.05) is 13.7 Å². The Morgan fingerprint density at radius 3 is 2.57 bits per heavy atom. The number of nitrogens with zero attached hydrogens (tertiary/aromatic N) is 1. The van der Waals surface area contributed by atoms with Gasteiger partial charge in [-0.25, -0.2) is 0 Å². The van der Waals surface area contributed by atoms with Gasteiger partial charge in [0, 0.05) is 19.1 Å². The van der Waals surface area contributed by atoms with Gasteiger partial charge in [0.1, 0.15) is 5.75 Å². The Balaban J connectivity index is 1.78. The van der Waals surface area contributed by atoms with E-state index in [-0.39, 0.29) is 18.8 Å². The molecule has 0 radical (unpaired) electrons. The number of aliphatic hydroxyl groups is 2. The first-order chi connectivity index (χ1) is 11.2. The zero-order chi connectivity index (χ0) is 16.2. The molecule has 0 aromatic heterocycles. The van der Waals surface area contributed by atoms with Crippen molar-refractivity contribution in [3.8, 4) is 5.75 Å². The molecule has 2 aromatic rings. The molecule has 122 valence electrons. The molecule has 1 saturated heterocycles. The van der Waals surface area contributed by atoms with Gasteiger partial charge in [0.2, 0.25) is 0 Å². The molecular weight excluding hydrogens is 290 g/mol. The van der Waals surface area contributed by atoms with E-state index in [1.165, 1.54) is 11.1 Å². The van der Waals surface area contributed by atoms with Crippen LogP contribution in [0.3, 0.4) is 0 Å². The minimum absolute atomic E-state index is 0.0646. The smallest absolute Gasteiger partial charge is 0.119 e. The van der Waals surface area contributed by atoms with Crippen LogP contribution >= 0.6 is 0 Å². The maximum absolute atomic E-state index is 10.1. The van der Waals surface area contributed by atoms with Crippen LogP contribution in [0, 0.1) is 0 Å². The maximum Gasteiger partial charge on any atom is 0.119 e. The van der Waals surface area contributed by atoms with E-state index in [0.29, 0.717) is 6.54 Å². The Labute approximate surface area is 136 Å². The third-order valence-corrected chi connectivity index (χ3v) is 4.45. The number of methoxy groups -OCH3 is 1. The maximum atomic E-state index is 10.1. The van der Waals surface area contributed by atoms with E-state index in [9.17, 15) is 5.11 Å². The highest BCUT2D eigenvalue weighted by atomic mass is 16.5. The molecule has 0 saturated carbocycles. The highest BCUT2D eigenvalue weighted by Crippen LogP contribution is 2.34. The van der Waals surface area contributed by atoms with Crippen LogP contribution in [0.5, 0.6) is 5.75 Å². The van der Waals surface area contributed by atoms with Crippen molar-refractivity contribution in [3.05, 3.63) is 65.2 Å². The highest BCUT2D eigenvalue weighted by Gasteiger charge is 2.32. The van der Waals surface area contributed by atoms with Crippen molar-refractivity contribution in [1.29, 1.82) is 0 Å². The van der Waals surface area contributed by atoms with Gasteiger partial charge in [0.25, 0.3) is 0 Å². The van der Waals surface area contributed by atoms with Gasteiger partial charge in [-0.1, -0.05) is 36.4 Å². The van der Waals surface area contributed by atoms with Crippen LogP contribution in [0.15, 0.2) is 48.5 Å². The van der Waals surface area contributed by atoms with E-state index in [4.69, 9.17) is 9.84 Å². The molecule has 2 aromatic carbocycles. The molecule has 0 unspecified atom stereocenters. The summed E-state index contributed by atoms with van der Waals surface area (Å²) in [6.07, 6.45) is 0.435. The fraction of sp³-hybridized carbons (Fsp3) is 0.368. The SMILES string of the molecule is COc1cccc([C@@H]2C[C@@H](O)CN2Cc2ccc(CO)cc2)c1. The number of hydrogen-bond donors (Lipinski definition) is 2. The summed E-state index contributed by atoms with van der Waals surface area (Å²) in [6.45, 7) is 1.52. The number of ether oxygens (including phenoxy) is 1. The first-order valence-corrected chi connectivity index (χ1v) is 7.94. The lowest BCUT2D eigenvalue weighted by atomic mass is 10.0. The van der Waals surface area contributed by atoms with Crippen molar-refractivity contribution in [2.24, 2.45) is 0 Å². The minimum atomic E-state index is -0.303. The molecule has 4 heteroatoms. The van der Waals surface area contributed by atoms with Gasteiger partial charge in [0.05, 0.1) is 19.8 Å². The lowest BCUT2D eigenvalue weighted by molar-refractivity contribution is 0.172. The molecule has 2 N–H and O–H groups in total. The second-order valence-corrected chi connectivity index (χ2v) is 6.09. The van der Waals surface area contributed by atoms with Gasteiger partial charge in [0.15, 0.2) is 0 Å². The molecule has 1 fully saturated rings. The Kier molecular flexibility index (Phi) is 4.96. The summed E-state index contributed by atoms with van der Waals surface area (Å²) in [5.41, 5.74) is 3.27. The van der Waals surface area contributed by atoms with E-state index in [0.717, 1.165) is 24.3 Å². The predicted molar refractivity (Wildman–Crippen MR) is 89.1 cm³/mol. The number of benzene rings is 2. The van der Waals surface area contributed by atoms with Crippen LogP contribution < -0.4 is 4.74 Å². The molecule has 23 heavy (non-hydrogen) atoms. The second-order valence-electron chi connectivity index (χ2n) is 6.09.